The van der Waals surface area contributed by atoms with Gasteiger partial charge in [0.1, 0.15) is 0 Å². The lowest BCUT2D eigenvalue weighted by Gasteiger charge is -2.10. The number of benzene rings is 1. The Bertz CT molecular complexity index is 724. The van der Waals surface area contributed by atoms with Crippen molar-refractivity contribution in [3.05, 3.63) is 60.2 Å². The molecule has 0 spiro atoms. The number of amides is 1. The predicted octanol–water partition coefficient (Wildman–Crippen LogP) is 3.29. The van der Waals surface area contributed by atoms with Gasteiger partial charge in [0, 0.05) is 20.5 Å². The fourth-order valence-corrected chi connectivity index (χ4v) is 2.74. The van der Waals surface area contributed by atoms with Gasteiger partial charge in [-0.3, -0.25) is 4.79 Å². The molecule has 0 saturated carbocycles. The van der Waals surface area contributed by atoms with E-state index in [0.29, 0.717) is 37.2 Å². The molecule has 6 nitrogen and oxygen atoms in total. The standard InChI is InChI=1S/C24H35NO5/c1-25(2)24(28)13-9-12-20(26)10-7-5-6-8-11-21(27)16-14-19-15-17-22(29-3)23(18-19)30-4/h5-8,10-11,15,17-18,20-21,26-27H,9,12-14,16H2,1-4H3. The first-order valence-electron chi connectivity index (χ1n) is 10.2. The Morgan fingerprint density at radius 3 is 2.13 bits per heavy atom. The number of rotatable bonds is 13. The summed E-state index contributed by atoms with van der Waals surface area (Å²) in [6.45, 7) is 0. The van der Waals surface area contributed by atoms with Crippen LogP contribution in [0.25, 0.3) is 0 Å². The van der Waals surface area contributed by atoms with Crippen molar-refractivity contribution in [2.75, 3.05) is 28.3 Å². The van der Waals surface area contributed by atoms with Crippen LogP contribution in [-0.4, -0.2) is 61.5 Å². The lowest BCUT2D eigenvalue weighted by molar-refractivity contribution is -0.128. The molecule has 0 aliphatic rings. The van der Waals surface area contributed by atoms with Crippen LogP contribution in [-0.2, 0) is 11.2 Å². The molecule has 0 bridgehead atoms. The monoisotopic (exact) mass is 417 g/mol. The van der Waals surface area contributed by atoms with E-state index >= 15 is 0 Å². The van der Waals surface area contributed by atoms with Gasteiger partial charge in [-0.15, -0.1) is 0 Å². The van der Waals surface area contributed by atoms with Gasteiger partial charge in [0.15, 0.2) is 11.5 Å². The van der Waals surface area contributed by atoms with Crippen molar-refractivity contribution in [3.8, 4) is 11.5 Å². The molecule has 0 aliphatic carbocycles. The number of nitrogens with zero attached hydrogens (tertiary/aromatic N) is 1. The zero-order valence-electron chi connectivity index (χ0n) is 18.5. The number of aliphatic hydroxyl groups excluding tert-OH is 2. The van der Waals surface area contributed by atoms with Crippen LogP contribution in [0.3, 0.4) is 0 Å². The van der Waals surface area contributed by atoms with Crippen molar-refractivity contribution in [2.24, 2.45) is 0 Å². The van der Waals surface area contributed by atoms with Gasteiger partial charge < -0.3 is 24.6 Å². The van der Waals surface area contributed by atoms with Gasteiger partial charge in [-0.2, -0.15) is 0 Å². The first-order valence-corrected chi connectivity index (χ1v) is 10.2. The van der Waals surface area contributed by atoms with E-state index in [1.165, 1.54) is 0 Å². The molecule has 0 aromatic heterocycles. The molecule has 0 radical (unpaired) electrons. The lowest BCUT2D eigenvalue weighted by atomic mass is 10.1. The zero-order chi connectivity index (χ0) is 22.4. The summed E-state index contributed by atoms with van der Waals surface area (Å²) < 4.78 is 10.5. The summed E-state index contributed by atoms with van der Waals surface area (Å²) in [5.74, 6) is 1.44. The van der Waals surface area contributed by atoms with Crippen LogP contribution in [0.5, 0.6) is 11.5 Å². The van der Waals surface area contributed by atoms with Gasteiger partial charge in [-0.05, 0) is 43.4 Å². The highest BCUT2D eigenvalue weighted by Crippen LogP contribution is 2.28. The van der Waals surface area contributed by atoms with Gasteiger partial charge in [0.05, 0.1) is 26.4 Å². The Morgan fingerprint density at radius 1 is 0.967 bits per heavy atom. The maximum Gasteiger partial charge on any atom is 0.222 e. The Balaban J connectivity index is 2.31. The second-order valence-corrected chi connectivity index (χ2v) is 7.20. The Morgan fingerprint density at radius 2 is 1.57 bits per heavy atom. The van der Waals surface area contributed by atoms with E-state index in [-0.39, 0.29) is 5.91 Å². The number of hydrogen-bond acceptors (Lipinski definition) is 5. The van der Waals surface area contributed by atoms with Gasteiger partial charge >= 0.3 is 0 Å². The summed E-state index contributed by atoms with van der Waals surface area (Å²) in [6, 6.07) is 5.74. The van der Waals surface area contributed by atoms with E-state index in [9.17, 15) is 15.0 Å². The number of aryl methyl sites for hydroxylation is 1. The van der Waals surface area contributed by atoms with Crippen molar-refractivity contribution in [1.82, 2.24) is 4.90 Å². The van der Waals surface area contributed by atoms with Crippen LogP contribution in [0.15, 0.2) is 54.7 Å². The summed E-state index contributed by atoms with van der Waals surface area (Å²) in [5, 5.41) is 20.0. The van der Waals surface area contributed by atoms with E-state index in [0.717, 1.165) is 12.0 Å². The molecule has 0 fully saturated rings. The highest BCUT2D eigenvalue weighted by Gasteiger charge is 2.07. The first-order chi connectivity index (χ1) is 14.4. The molecule has 2 N–H and O–H groups in total. The van der Waals surface area contributed by atoms with Gasteiger partial charge in [0.2, 0.25) is 5.91 Å². The SMILES string of the molecule is COc1ccc(CCC(O)C=CC=CC=CC(O)CCCC(=O)N(C)C)cc1OC. The number of carbonyl (C=O) groups excluding carboxylic acids is 1. The van der Waals surface area contributed by atoms with Crippen LogP contribution in [0.1, 0.15) is 31.2 Å². The van der Waals surface area contributed by atoms with Crippen molar-refractivity contribution in [1.29, 1.82) is 0 Å². The Hall–Kier alpha value is -2.57. The molecule has 1 aromatic carbocycles. The third-order valence-corrected chi connectivity index (χ3v) is 4.57. The number of ether oxygens (including phenoxy) is 2. The van der Waals surface area contributed by atoms with Gasteiger partial charge in [0.25, 0.3) is 0 Å². The van der Waals surface area contributed by atoms with Crippen molar-refractivity contribution in [2.45, 2.75) is 44.3 Å². The molecular formula is C24H35NO5. The summed E-state index contributed by atoms with van der Waals surface area (Å²) in [7, 11) is 6.66. The predicted molar refractivity (Wildman–Crippen MR) is 120 cm³/mol. The number of aliphatic hydroxyl groups is 2. The highest BCUT2D eigenvalue weighted by molar-refractivity contribution is 5.75. The quantitative estimate of drug-likeness (QED) is 0.482. The second-order valence-electron chi connectivity index (χ2n) is 7.20. The highest BCUT2D eigenvalue weighted by atomic mass is 16.5. The molecule has 1 aromatic rings. The molecule has 1 rings (SSSR count). The fourth-order valence-electron chi connectivity index (χ4n) is 2.74. The minimum atomic E-state index is -0.569. The molecule has 0 aliphatic heterocycles. The molecule has 1 amide bonds. The van der Waals surface area contributed by atoms with Crippen LogP contribution in [0.2, 0.25) is 0 Å². The van der Waals surface area contributed by atoms with E-state index < -0.39 is 12.2 Å². The third-order valence-electron chi connectivity index (χ3n) is 4.57. The summed E-state index contributed by atoms with van der Waals surface area (Å²) >= 11 is 0. The van der Waals surface area contributed by atoms with Crippen LogP contribution >= 0.6 is 0 Å². The minimum Gasteiger partial charge on any atom is -0.493 e. The molecule has 0 saturated heterocycles. The third kappa shape index (κ3) is 10.3. The van der Waals surface area contributed by atoms with E-state index in [4.69, 9.17) is 9.47 Å². The first kappa shape index (κ1) is 25.5. The zero-order valence-corrected chi connectivity index (χ0v) is 18.5. The minimum absolute atomic E-state index is 0.0703. The van der Waals surface area contributed by atoms with Crippen molar-refractivity contribution in [3.63, 3.8) is 0 Å². The smallest absolute Gasteiger partial charge is 0.222 e. The largest absolute Gasteiger partial charge is 0.493 e. The summed E-state index contributed by atoms with van der Waals surface area (Å²) in [5.41, 5.74) is 1.07. The topological polar surface area (TPSA) is 79.2 Å². The molecular weight excluding hydrogens is 382 g/mol. The lowest BCUT2D eigenvalue weighted by Crippen LogP contribution is -2.21. The number of hydrogen-bond donors (Lipinski definition) is 2. The van der Waals surface area contributed by atoms with Crippen LogP contribution < -0.4 is 9.47 Å². The number of carbonyl (C=O) groups is 1. The Labute approximate surface area is 180 Å². The average molecular weight is 418 g/mol. The van der Waals surface area contributed by atoms with Crippen LogP contribution in [0.4, 0.5) is 0 Å². The molecule has 2 atom stereocenters. The summed E-state index contributed by atoms with van der Waals surface area (Å²) in [4.78, 5) is 13.0. The average Bonchev–Trinajstić information content (AvgIpc) is 2.74. The molecule has 0 heterocycles. The van der Waals surface area contributed by atoms with Gasteiger partial charge in [-0.25, -0.2) is 0 Å². The molecule has 6 heteroatoms. The van der Waals surface area contributed by atoms with Crippen molar-refractivity contribution < 1.29 is 24.5 Å². The maximum atomic E-state index is 11.5. The maximum absolute atomic E-state index is 11.5. The van der Waals surface area contributed by atoms with E-state index in [1.807, 2.05) is 18.2 Å². The van der Waals surface area contributed by atoms with Crippen LogP contribution in [0, 0.1) is 0 Å². The fraction of sp³-hybridized carbons (Fsp3) is 0.458. The molecule has 166 valence electrons. The number of methoxy groups -OCH3 is 2. The van der Waals surface area contributed by atoms with Gasteiger partial charge in [-0.1, -0.05) is 42.5 Å². The second kappa shape index (κ2) is 14.4. The number of allylic oxidation sites excluding steroid dienone is 4. The summed E-state index contributed by atoms with van der Waals surface area (Å²) in [6.07, 6.45) is 12.4. The molecule has 2 unspecified atom stereocenters. The Kier molecular flexibility index (Phi) is 12.2. The molecule has 30 heavy (non-hydrogen) atoms. The van der Waals surface area contributed by atoms with E-state index in [1.54, 1.807) is 69.7 Å². The normalized spacial score (nSPS) is 13.8. The van der Waals surface area contributed by atoms with Crippen molar-refractivity contribution >= 4 is 5.91 Å². The van der Waals surface area contributed by atoms with E-state index in [2.05, 4.69) is 0 Å².